The number of piperazine rings is 1. The maximum Gasteiger partial charge on any atom is 0.245 e. The number of amides is 1. The highest BCUT2D eigenvalue weighted by Gasteiger charge is 2.40. The molecule has 2 aliphatic rings. The second-order valence-corrected chi connectivity index (χ2v) is 6.74. The molecule has 5 nitrogen and oxygen atoms in total. The van der Waals surface area contributed by atoms with Crippen molar-refractivity contribution in [1.82, 2.24) is 10.3 Å². The molecule has 0 radical (unpaired) electrons. The molecule has 0 spiro atoms. The topological polar surface area (TPSA) is 65.5 Å². The van der Waals surface area contributed by atoms with Crippen molar-refractivity contribution in [3.63, 3.8) is 0 Å². The molecule has 1 aliphatic carbocycles. The van der Waals surface area contributed by atoms with Gasteiger partial charge in [0.1, 0.15) is 5.54 Å². The summed E-state index contributed by atoms with van der Waals surface area (Å²) in [6.45, 7) is 5.24. The lowest BCUT2D eigenvalue weighted by atomic mass is 9.99. The van der Waals surface area contributed by atoms with Crippen LogP contribution in [0.2, 0.25) is 0 Å². The van der Waals surface area contributed by atoms with E-state index < -0.39 is 11.6 Å². The third-order valence-corrected chi connectivity index (χ3v) is 5.15. The van der Waals surface area contributed by atoms with E-state index in [2.05, 4.69) is 15.2 Å². The molecule has 2 heterocycles. The average molecular weight is 281 g/mol. The molecule has 19 heavy (non-hydrogen) atoms. The van der Waals surface area contributed by atoms with Crippen LogP contribution in [0.15, 0.2) is 0 Å². The molecular formula is C13H19N3O2S. The van der Waals surface area contributed by atoms with Crippen LogP contribution >= 0.6 is 11.3 Å². The number of aliphatic hydroxyl groups excluding tert-OH is 1. The van der Waals surface area contributed by atoms with Crippen LogP contribution in [0.1, 0.15) is 43.4 Å². The maximum absolute atomic E-state index is 12.0. The van der Waals surface area contributed by atoms with E-state index >= 15 is 0 Å². The van der Waals surface area contributed by atoms with Gasteiger partial charge < -0.3 is 15.3 Å². The molecular weight excluding hydrogens is 262 g/mol. The SMILES string of the molecule is CC1(C)C(=O)NCCN1c1nc2c(s1)CCCC2O. The summed E-state index contributed by atoms with van der Waals surface area (Å²) in [5.41, 5.74) is 0.247. The van der Waals surface area contributed by atoms with Crippen LogP contribution in [0.5, 0.6) is 0 Å². The third kappa shape index (κ3) is 2.03. The van der Waals surface area contributed by atoms with Crippen molar-refractivity contribution >= 4 is 22.4 Å². The molecule has 1 amide bonds. The Hall–Kier alpha value is -1.14. The molecule has 1 aromatic heterocycles. The van der Waals surface area contributed by atoms with Crippen molar-refractivity contribution in [2.75, 3.05) is 18.0 Å². The van der Waals surface area contributed by atoms with Gasteiger partial charge in [0.05, 0.1) is 11.8 Å². The van der Waals surface area contributed by atoms with E-state index in [0.717, 1.165) is 36.6 Å². The van der Waals surface area contributed by atoms with E-state index in [1.165, 1.54) is 4.88 Å². The summed E-state index contributed by atoms with van der Waals surface area (Å²) in [6, 6.07) is 0. The highest BCUT2D eigenvalue weighted by molar-refractivity contribution is 7.15. The summed E-state index contributed by atoms with van der Waals surface area (Å²) >= 11 is 1.62. The van der Waals surface area contributed by atoms with Crippen molar-refractivity contribution in [2.24, 2.45) is 0 Å². The fraction of sp³-hybridized carbons (Fsp3) is 0.692. The Bertz CT molecular complexity index is 512. The summed E-state index contributed by atoms with van der Waals surface area (Å²) in [4.78, 5) is 19.8. The Labute approximate surface area is 116 Å². The number of aromatic nitrogens is 1. The Morgan fingerprint density at radius 1 is 1.53 bits per heavy atom. The van der Waals surface area contributed by atoms with Crippen LogP contribution in [-0.4, -0.2) is 34.6 Å². The van der Waals surface area contributed by atoms with Gasteiger partial charge in [0.2, 0.25) is 5.91 Å². The summed E-state index contributed by atoms with van der Waals surface area (Å²) in [6.07, 6.45) is 2.36. The van der Waals surface area contributed by atoms with Crippen LogP contribution in [0, 0.1) is 0 Å². The number of thiazole rings is 1. The van der Waals surface area contributed by atoms with E-state index in [9.17, 15) is 9.90 Å². The summed E-state index contributed by atoms with van der Waals surface area (Å²) in [7, 11) is 0. The number of nitrogens with one attached hydrogen (secondary N) is 1. The highest BCUT2D eigenvalue weighted by atomic mass is 32.1. The molecule has 1 aromatic rings. The zero-order valence-electron chi connectivity index (χ0n) is 11.3. The molecule has 3 rings (SSSR count). The Morgan fingerprint density at radius 3 is 3.05 bits per heavy atom. The molecule has 0 aromatic carbocycles. The molecule has 0 bridgehead atoms. The summed E-state index contributed by atoms with van der Waals surface area (Å²) in [5.74, 6) is 0.0347. The van der Waals surface area contributed by atoms with Crippen molar-refractivity contribution in [3.05, 3.63) is 10.6 Å². The second kappa shape index (κ2) is 4.45. The fourth-order valence-electron chi connectivity index (χ4n) is 2.73. The average Bonchev–Trinajstić information content (AvgIpc) is 2.77. The molecule has 6 heteroatoms. The van der Waals surface area contributed by atoms with Crippen molar-refractivity contribution < 1.29 is 9.90 Å². The van der Waals surface area contributed by atoms with Gasteiger partial charge in [-0.2, -0.15) is 0 Å². The fourth-order valence-corrected chi connectivity index (χ4v) is 4.06. The van der Waals surface area contributed by atoms with Crippen molar-refractivity contribution in [2.45, 2.75) is 44.8 Å². The van der Waals surface area contributed by atoms with Gasteiger partial charge in [0, 0.05) is 18.0 Å². The molecule has 1 fully saturated rings. The van der Waals surface area contributed by atoms with Gasteiger partial charge >= 0.3 is 0 Å². The Kier molecular flexibility index (Phi) is 3.02. The minimum Gasteiger partial charge on any atom is -0.387 e. The Morgan fingerprint density at radius 2 is 2.32 bits per heavy atom. The number of hydrogen-bond donors (Lipinski definition) is 2. The van der Waals surface area contributed by atoms with Crippen molar-refractivity contribution in [3.8, 4) is 0 Å². The van der Waals surface area contributed by atoms with Crippen LogP contribution in [-0.2, 0) is 11.2 Å². The quantitative estimate of drug-likeness (QED) is 0.812. The van der Waals surface area contributed by atoms with Crippen LogP contribution < -0.4 is 10.2 Å². The van der Waals surface area contributed by atoms with Gasteiger partial charge in [-0.15, -0.1) is 11.3 Å². The standard InChI is InChI=1S/C13H19N3O2S/c1-13(2)11(18)14-6-7-16(13)12-15-10-8(17)4-3-5-9(10)19-12/h8,17H,3-7H2,1-2H3,(H,14,18). The van der Waals surface area contributed by atoms with Gasteiger partial charge in [-0.3, -0.25) is 4.79 Å². The minimum absolute atomic E-state index is 0.0347. The van der Waals surface area contributed by atoms with Crippen LogP contribution in [0.4, 0.5) is 5.13 Å². The van der Waals surface area contributed by atoms with Crippen LogP contribution in [0.25, 0.3) is 0 Å². The number of aliphatic hydroxyl groups is 1. The van der Waals surface area contributed by atoms with Gasteiger partial charge in [-0.1, -0.05) is 0 Å². The summed E-state index contributed by atoms with van der Waals surface area (Å²) < 4.78 is 0. The molecule has 1 unspecified atom stereocenters. The first-order chi connectivity index (χ1) is 9.00. The molecule has 1 atom stereocenters. The van der Waals surface area contributed by atoms with E-state index in [0.29, 0.717) is 6.54 Å². The molecule has 104 valence electrons. The van der Waals surface area contributed by atoms with Crippen LogP contribution in [0.3, 0.4) is 0 Å². The molecule has 2 N–H and O–H groups in total. The number of anilines is 1. The number of nitrogens with zero attached hydrogens (tertiary/aromatic N) is 2. The van der Waals surface area contributed by atoms with Gasteiger partial charge in [-0.25, -0.2) is 4.98 Å². The predicted octanol–water partition coefficient (Wildman–Crippen LogP) is 1.23. The number of carbonyl (C=O) groups excluding carboxylic acids is 1. The Balaban J connectivity index is 1.96. The maximum atomic E-state index is 12.0. The zero-order chi connectivity index (χ0) is 13.6. The summed E-state index contributed by atoms with van der Waals surface area (Å²) in [5, 5.41) is 13.8. The lowest BCUT2D eigenvalue weighted by Crippen LogP contribution is -2.62. The van der Waals surface area contributed by atoms with E-state index in [4.69, 9.17) is 0 Å². The highest BCUT2D eigenvalue weighted by Crippen LogP contribution is 2.38. The van der Waals surface area contributed by atoms with Crippen molar-refractivity contribution in [1.29, 1.82) is 0 Å². The van der Waals surface area contributed by atoms with Gasteiger partial charge in [0.25, 0.3) is 0 Å². The number of rotatable bonds is 1. The largest absolute Gasteiger partial charge is 0.387 e. The first-order valence-corrected chi connectivity index (χ1v) is 7.55. The monoisotopic (exact) mass is 281 g/mol. The van der Waals surface area contributed by atoms with E-state index in [1.807, 2.05) is 13.8 Å². The predicted molar refractivity (Wildman–Crippen MR) is 74.4 cm³/mol. The lowest BCUT2D eigenvalue weighted by molar-refractivity contribution is -0.126. The first kappa shape index (κ1) is 12.9. The number of aryl methyl sites for hydroxylation is 1. The smallest absolute Gasteiger partial charge is 0.245 e. The van der Waals surface area contributed by atoms with E-state index in [1.54, 1.807) is 11.3 Å². The van der Waals surface area contributed by atoms with Gasteiger partial charge in [-0.05, 0) is 33.1 Å². The normalized spacial score (nSPS) is 25.9. The zero-order valence-corrected chi connectivity index (χ0v) is 12.1. The second-order valence-electron chi connectivity index (χ2n) is 5.68. The third-order valence-electron chi connectivity index (χ3n) is 4.00. The first-order valence-electron chi connectivity index (χ1n) is 6.74. The van der Waals surface area contributed by atoms with Gasteiger partial charge in [0.15, 0.2) is 5.13 Å². The lowest BCUT2D eigenvalue weighted by Gasteiger charge is -2.41. The number of carbonyl (C=O) groups is 1. The molecule has 0 saturated carbocycles. The molecule has 1 aliphatic heterocycles. The number of fused-ring (bicyclic) bond motifs is 1. The molecule has 1 saturated heterocycles. The minimum atomic E-state index is -0.580. The number of hydrogen-bond acceptors (Lipinski definition) is 5. The van der Waals surface area contributed by atoms with E-state index in [-0.39, 0.29) is 5.91 Å².